The summed E-state index contributed by atoms with van der Waals surface area (Å²) in [5, 5.41) is 0.756. The van der Waals surface area contributed by atoms with E-state index in [1.54, 1.807) is 0 Å². The molecular weight excluding hydrogens is 272 g/mol. The Bertz CT molecular complexity index is 423. The number of benzene rings is 1. The van der Waals surface area contributed by atoms with E-state index in [1.807, 2.05) is 24.3 Å². The maximum absolute atomic E-state index is 5.87. The maximum Gasteiger partial charge on any atom is 0.119 e. The molecular formula is C16H23ClN2O. The average molecular weight is 295 g/mol. The third kappa shape index (κ3) is 3.66. The summed E-state index contributed by atoms with van der Waals surface area (Å²) in [6, 6.07) is 8.40. The summed E-state index contributed by atoms with van der Waals surface area (Å²) < 4.78 is 5.80. The lowest BCUT2D eigenvalue weighted by Gasteiger charge is -2.25. The van der Waals surface area contributed by atoms with Gasteiger partial charge in [0.25, 0.3) is 0 Å². The number of ether oxygens (including phenoxy) is 1. The van der Waals surface area contributed by atoms with Gasteiger partial charge in [-0.05, 0) is 63.2 Å². The van der Waals surface area contributed by atoms with Crippen molar-refractivity contribution in [2.75, 3.05) is 39.3 Å². The van der Waals surface area contributed by atoms with Gasteiger partial charge in [-0.2, -0.15) is 0 Å². The molecule has 0 N–H and O–H groups in total. The minimum atomic E-state index is 0.756. The second-order valence-corrected chi connectivity index (χ2v) is 6.23. The second kappa shape index (κ2) is 6.79. The highest BCUT2D eigenvalue weighted by Gasteiger charge is 2.28. The third-order valence-corrected chi connectivity index (χ3v) is 4.63. The van der Waals surface area contributed by atoms with Crippen LogP contribution in [0.2, 0.25) is 5.02 Å². The van der Waals surface area contributed by atoms with E-state index in [-0.39, 0.29) is 0 Å². The number of fused-ring (bicyclic) bond motifs is 1. The molecule has 0 amide bonds. The van der Waals surface area contributed by atoms with E-state index in [0.717, 1.165) is 30.0 Å². The van der Waals surface area contributed by atoms with Gasteiger partial charge < -0.3 is 4.74 Å². The minimum absolute atomic E-state index is 0.756. The first-order valence-corrected chi connectivity index (χ1v) is 8.04. The van der Waals surface area contributed by atoms with Crippen LogP contribution in [0.3, 0.4) is 0 Å². The van der Waals surface area contributed by atoms with Gasteiger partial charge in [-0.15, -0.1) is 0 Å². The SMILES string of the molecule is Clc1ccc(OCCN2CCCN3CCC[C@@H]3C2)cc1. The van der Waals surface area contributed by atoms with Gasteiger partial charge in [0.2, 0.25) is 0 Å². The molecule has 0 aromatic heterocycles. The highest BCUT2D eigenvalue weighted by molar-refractivity contribution is 6.30. The van der Waals surface area contributed by atoms with Crippen molar-refractivity contribution in [3.8, 4) is 5.75 Å². The zero-order valence-corrected chi connectivity index (χ0v) is 12.7. The van der Waals surface area contributed by atoms with Gasteiger partial charge in [0, 0.05) is 24.2 Å². The molecule has 2 heterocycles. The Morgan fingerprint density at radius 2 is 1.90 bits per heavy atom. The van der Waals surface area contributed by atoms with Crippen molar-refractivity contribution in [1.82, 2.24) is 9.80 Å². The normalized spacial score (nSPS) is 24.4. The summed E-state index contributed by atoms with van der Waals surface area (Å²) in [6.07, 6.45) is 4.03. The Labute approximate surface area is 126 Å². The molecule has 3 rings (SSSR count). The fourth-order valence-electron chi connectivity index (χ4n) is 3.31. The zero-order valence-electron chi connectivity index (χ0n) is 11.9. The summed E-state index contributed by atoms with van der Waals surface area (Å²) in [5.41, 5.74) is 0. The highest BCUT2D eigenvalue weighted by Crippen LogP contribution is 2.21. The largest absolute Gasteiger partial charge is 0.492 e. The fourth-order valence-corrected chi connectivity index (χ4v) is 3.44. The van der Waals surface area contributed by atoms with Crippen LogP contribution >= 0.6 is 11.6 Å². The molecule has 1 aromatic rings. The first-order chi connectivity index (χ1) is 9.81. The summed E-state index contributed by atoms with van der Waals surface area (Å²) in [7, 11) is 0. The van der Waals surface area contributed by atoms with E-state index in [9.17, 15) is 0 Å². The molecule has 2 saturated heterocycles. The zero-order chi connectivity index (χ0) is 13.8. The van der Waals surface area contributed by atoms with Crippen LogP contribution in [0.5, 0.6) is 5.75 Å². The van der Waals surface area contributed by atoms with Crippen LogP contribution in [0, 0.1) is 0 Å². The molecule has 0 radical (unpaired) electrons. The lowest BCUT2D eigenvalue weighted by molar-refractivity contribution is 0.188. The van der Waals surface area contributed by atoms with E-state index in [0.29, 0.717) is 0 Å². The number of nitrogens with zero attached hydrogens (tertiary/aromatic N) is 2. The van der Waals surface area contributed by atoms with Crippen molar-refractivity contribution in [1.29, 1.82) is 0 Å². The molecule has 1 atom stereocenters. The lowest BCUT2D eigenvalue weighted by atomic mass is 10.2. The number of rotatable bonds is 4. The monoisotopic (exact) mass is 294 g/mol. The predicted molar refractivity (Wildman–Crippen MR) is 82.6 cm³/mol. The van der Waals surface area contributed by atoms with Gasteiger partial charge in [-0.25, -0.2) is 0 Å². The fraction of sp³-hybridized carbons (Fsp3) is 0.625. The van der Waals surface area contributed by atoms with Crippen LogP contribution in [0.15, 0.2) is 24.3 Å². The van der Waals surface area contributed by atoms with Crippen LogP contribution in [-0.2, 0) is 0 Å². The van der Waals surface area contributed by atoms with Gasteiger partial charge in [-0.1, -0.05) is 11.6 Å². The Balaban J connectivity index is 1.44. The molecule has 0 unspecified atom stereocenters. The summed E-state index contributed by atoms with van der Waals surface area (Å²) in [5.74, 6) is 0.909. The number of hydrogen-bond donors (Lipinski definition) is 0. The Morgan fingerprint density at radius 3 is 2.75 bits per heavy atom. The van der Waals surface area contributed by atoms with E-state index >= 15 is 0 Å². The molecule has 0 aliphatic carbocycles. The number of hydrogen-bond acceptors (Lipinski definition) is 3. The Kier molecular flexibility index (Phi) is 4.81. The van der Waals surface area contributed by atoms with Crippen molar-refractivity contribution in [2.45, 2.75) is 25.3 Å². The Hall–Kier alpha value is -0.770. The lowest BCUT2D eigenvalue weighted by Crippen LogP contribution is -2.38. The van der Waals surface area contributed by atoms with E-state index < -0.39 is 0 Å². The van der Waals surface area contributed by atoms with Gasteiger partial charge in [-0.3, -0.25) is 9.80 Å². The molecule has 1 aromatic carbocycles. The molecule has 0 bridgehead atoms. The van der Waals surface area contributed by atoms with E-state index in [2.05, 4.69) is 9.80 Å². The Morgan fingerprint density at radius 1 is 1.10 bits per heavy atom. The first-order valence-electron chi connectivity index (χ1n) is 7.66. The van der Waals surface area contributed by atoms with E-state index in [4.69, 9.17) is 16.3 Å². The summed E-state index contributed by atoms with van der Waals surface area (Å²) >= 11 is 5.87. The van der Waals surface area contributed by atoms with Crippen molar-refractivity contribution in [2.24, 2.45) is 0 Å². The van der Waals surface area contributed by atoms with Crippen molar-refractivity contribution >= 4 is 11.6 Å². The maximum atomic E-state index is 5.87. The minimum Gasteiger partial charge on any atom is -0.492 e. The smallest absolute Gasteiger partial charge is 0.119 e. The van der Waals surface area contributed by atoms with Crippen LogP contribution in [-0.4, -0.2) is 55.2 Å². The average Bonchev–Trinajstić information content (AvgIpc) is 2.80. The van der Waals surface area contributed by atoms with Crippen molar-refractivity contribution in [3.05, 3.63) is 29.3 Å². The summed E-state index contributed by atoms with van der Waals surface area (Å²) in [6.45, 7) is 6.78. The van der Waals surface area contributed by atoms with Crippen molar-refractivity contribution in [3.63, 3.8) is 0 Å². The van der Waals surface area contributed by atoms with Gasteiger partial charge >= 0.3 is 0 Å². The first kappa shape index (κ1) is 14.2. The second-order valence-electron chi connectivity index (χ2n) is 5.79. The van der Waals surface area contributed by atoms with Gasteiger partial charge in [0.15, 0.2) is 0 Å². The van der Waals surface area contributed by atoms with Crippen LogP contribution < -0.4 is 4.74 Å². The highest BCUT2D eigenvalue weighted by atomic mass is 35.5. The van der Waals surface area contributed by atoms with Crippen molar-refractivity contribution < 1.29 is 4.74 Å². The van der Waals surface area contributed by atoms with E-state index in [1.165, 1.54) is 45.4 Å². The standard InChI is InChI=1S/C16H23ClN2O/c17-14-4-6-16(7-5-14)20-12-11-18-8-2-10-19-9-1-3-15(19)13-18/h4-7,15H,1-3,8-13H2/t15-/m1/s1. The van der Waals surface area contributed by atoms with Gasteiger partial charge in [0.05, 0.1) is 0 Å². The quantitative estimate of drug-likeness (QED) is 0.849. The molecule has 4 heteroatoms. The number of halogens is 1. The molecule has 2 aliphatic heterocycles. The third-order valence-electron chi connectivity index (χ3n) is 4.38. The molecule has 0 saturated carbocycles. The topological polar surface area (TPSA) is 15.7 Å². The molecule has 0 spiro atoms. The van der Waals surface area contributed by atoms with Crippen LogP contribution in [0.4, 0.5) is 0 Å². The van der Waals surface area contributed by atoms with Crippen LogP contribution in [0.1, 0.15) is 19.3 Å². The van der Waals surface area contributed by atoms with Gasteiger partial charge in [0.1, 0.15) is 12.4 Å². The molecule has 3 nitrogen and oxygen atoms in total. The molecule has 110 valence electrons. The predicted octanol–water partition coefficient (Wildman–Crippen LogP) is 2.89. The molecule has 2 fully saturated rings. The summed E-state index contributed by atoms with van der Waals surface area (Å²) in [4.78, 5) is 5.23. The molecule has 20 heavy (non-hydrogen) atoms. The molecule has 2 aliphatic rings. The van der Waals surface area contributed by atoms with Crippen LogP contribution in [0.25, 0.3) is 0 Å².